The quantitative estimate of drug-likeness (QED) is 0.593. The van der Waals surface area contributed by atoms with E-state index in [0.29, 0.717) is 16.3 Å². The van der Waals surface area contributed by atoms with E-state index in [4.69, 9.17) is 11.6 Å². The number of carbonyl (C=O) groups is 2. The molecule has 4 aliphatic carbocycles. The van der Waals surface area contributed by atoms with Crippen molar-refractivity contribution in [1.82, 2.24) is 10.7 Å². The highest BCUT2D eigenvalue weighted by molar-refractivity contribution is 6.33. The van der Waals surface area contributed by atoms with Gasteiger partial charge in [-0.3, -0.25) is 9.59 Å². The lowest BCUT2D eigenvalue weighted by atomic mass is 9.53. The molecule has 1 aromatic rings. The summed E-state index contributed by atoms with van der Waals surface area (Å²) in [5.74, 6) is 2.01. The van der Waals surface area contributed by atoms with Crippen molar-refractivity contribution in [1.29, 1.82) is 0 Å². The summed E-state index contributed by atoms with van der Waals surface area (Å²) in [6.07, 6.45) is 7.64. The second-order valence-corrected chi connectivity index (χ2v) is 9.10. The predicted octanol–water partition coefficient (Wildman–Crippen LogP) is 3.92. The number of hydrogen-bond donors (Lipinski definition) is 2. The number of nitrogens with zero attached hydrogens (tertiary/aromatic N) is 1. The first-order chi connectivity index (χ1) is 12.9. The summed E-state index contributed by atoms with van der Waals surface area (Å²) in [6, 6.07) is 6.81. The van der Waals surface area contributed by atoms with E-state index in [1.54, 1.807) is 31.2 Å². The van der Waals surface area contributed by atoms with Crippen LogP contribution in [0.3, 0.4) is 0 Å². The van der Waals surface area contributed by atoms with Crippen molar-refractivity contribution < 1.29 is 9.59 Å². The van der Waals surface area contributed by atoms with Crippen molar-refractivity contribution in [3.05, 3.63) is 34.9 Å². The Morgan fingerprint density at radius 3 is 2.30 bits per heavy atom. The van der Waals surface area contributed by atoms with Gasteiger partial charge in [0.05, 0.1) is 17.0 Å². The summed E-state index contributed by atoms with van der Waals surface area (Å²) in [4.78, 5) is 24.7. The van der Waals surface area contributed by atoms with Gasteiger partial charge in [-0.2, -0.15) is 5.10 Å². The van der Waals surface area contributed by atoms with Gasteiger partial charge in [-0.15, -0.1) is 0 Å². The van der Waals surface area contributed by atoms with Crippen LogP contribution < -0.4 is 10.7 Å². The predicted molar refractivity (Wildman–Crippen MR) is 106 cm³/mol. The number of hydrazone groups is 1. The van der Waals surface area contributed by atoms with E-state index in [9.17, 15) is 9.59 Å². The van der Waals surface area contributed by atoms with E-state index in [1.807, 2.05) is 0 Å². The number of rotatable bonds is 5. The first-order valence-corrected chi connectivity index (χ1v) is 10.2. The van der Waals surface area contributed by atoms with Crippen LogP contribution in [0.15, 0.2) is 29.4 Å². The molecule has 4 bridgehead atoms. The van der Waals surface area contributed by atoms with Crippen LogP contribution in [0, 0.1) is 17.8 Å². The number of benzene rings is 1. The van der Waals surface area contributed by atoms with E-state index in [2.05, 4.69) is 15.8 Å². The van der Waals surface area contributed by atoms with Gasteiger partial charge in [-0.1, -0.05) is 23.7 Å². The van der Waals surface area contributed by atoms with Crippen LogP contribution in [0.25, 0.3) is 0 Å². The third-order valence-electron chi connectivity index (χ3n) is 6.33. The second-order valence-electron chi connectivity index (χ2n) is 8.69. The Bertz CT molecular complexity index is 754. The fourth-order valence-corrected chi connectivity index (χ4v) is 5.95. The van der Waals surface area contributed by atoms with Crippen molar-refractivity contribution >= 4 is 29.1 Å². The maximum atomic E-state index is 12.6. The molecule has 0 aliphatic heterocycles. The molecule has 5 rings (SSSR count). The Balaban J connectivity index is 1.32. The molecule has 0 saturated heterocycles. The fourth-order valence-electron chi connectivity index (χ4n) is 5.73. The van der Waals surface area contributed by atoms with Gasteiger partial charge in [0.2, 0.25) is 5.91 Å². The van der Waals surface area contributed by atoms with E-state index in [-0.39, 0.29) is 23.8 Å². The molecule has 2 N–H and O–H groups in total. The summed E-state index contributed by atoms with van der Waals surface area (Å²) >= 11 is 6.02. The number of amides is 2. The van der Waals surface area contributed by atoms with Crippen molar-refractivity contribution in [3.63, 3.8) is 0 Å². The lowest BCUT2D eigenvalue weighted by molar-refractivity contribution is -0.125. The second kappa shape index (κ2) is 7.27. The third-order valence-corrected chi connectivity index (χ3v) is 6.66. The lowest BCUT2D eigenvalue weighted by Gasteiger charge is -2.56. The smallest absolute Gasteiger partial charge is 0.272 e. The number of nitrogens with one attached hydrogen (secondary N) is 2. The van der Waals surface area contributed by atoms with Crippen LogP contribution in [0.2, 0.25) is 5.02 Å². The average Bonchev–Trinajstić information content (AvgIpc) is 2.58. The van der Waals surface area contributed by atoms with Crippen LogP contribution >= 0.6 is 11.6 Å². The Morgan fingerprint density at radius 2 is 1.70 bits per heavy atom. The molecular weight excluding hydrogens is 362 g/mol. The van der Waals surface area contributed by atoms with Crippen LogP contribution in [0.4, 0.5) is 0 Å². The minimum Gasteiger partial charge on any atom is -0.350 e. The molecule has 0 radical (unpaired) electrons. The molecule has 144 valence electrons. The van der Waals surface area contributed by atoms with Crippen LogP contribution in [-0.4, -0.2) is 23.1 Å². The SMILES string of the molecule is C/C(CC(=O)NC12CC3CC(CC(C3)C1)C2)=N/NC(=O)c1ccccc1Cl. The van der Waals surface area contributed by atoms with Crippen molar-refractivity contribution in [2.45, 2.75) is 57.4 Å². The minimum absolute atomic E-state index is 0.00481. The molecule has 5 nitrogen and oxygen atoms in total. The maximum Gasteiger partial charge on any atom is 0.272 e. The first-order valence-electron chi connectivity index (χ1n) is 9.81. The first kappa shape index (κ1) is 18.5. The van der Waals surface area contributed by atoms with Gasteiger partial charge < -0.3 is 5.32 Å². The molecule has 27 heavy (non-hydrogen) atoms. The zero-order chi connectivity index (χ0) is 19.0. The lowest BCUT2D eigenvalue weighted by Crippen LogP contribution is -2.60. The summed E-state index contributed by atoms with van der Waals surface area (Å²) in [7, 11) is 0. The van der Waals surface area contributed by atoms with E-state index in [1.165, 1.54) is 19.3 Å². The zero-order valence-corrected chi connectivity index (χ0v) is 16.4. The zero-order valence-electron chi connectivity index (χ0n) is 15.6. The Kier molecular flexibility index (Phi) is 4.97. The molecule has 1 aromatic carbocycles. The third kappa shape index (κ3) is 4.03. The molecule has 2 amide bonds. The molecule has 6 heteroatoms. The molecule has 0 atom stereocenters. The van der Waals surface area contributed by atoms with Gasteiger partial charge in [0.25, 0.3) is 5.91 Å². The standard InChI is InChI=1S/C21H26ClN3O2/c1-13(24-25-20(27)17-4-2-3-5-18(17)22)6-19(26)23-21-10-14-7-15(11-21)9-16(8-14)12-21/h2-5,14-16H,6-12H2,1H3,(H,23,26)(H,25,27)/b24-13-. The monoisotopic (exact) mass is 387 g/mol. The van der Waals surface area contributed by atoms with Crippen LogP contribution in [0.1, 0.15) is 62.2 Å². The molecule has 0 aromatic heterocycles. The van der Waals surface area contributed by atoms with Gasteiger partial charge in [0.15, 0.2) is 0 Å². The minimum atomic E-state index is -0.374. The Labute approximate surface area is 164 Å². The van der Waals surface area contributed by atoms with Crippen molar-refractivity contribution in [2.75, 3.05) is 0 Å². The summed E-state index contributed by atoms with van der Waals surface area (Å²) in [5.41, 5.74) is 3.45. The number of hydrogen-bond acceptors (Lipinski definition) is 3. The topological polar surface area (TPSA) is 70.6 Å². The number of halogens is 1. The molecule has 4 saturated carbocycles. The summed E-state index contributed by atoms with van der Waals surface area (Å²) in [5, 5.41) is 7.78. The largest absolute Gasteiger partial charge is 0.350 e. The van der Waals surface area contributed by atoms with Gasteiger partial charge in [0, 0.05) is 11.3 Å². The molecular formula is C21H26ClN3O2. The fraction of sp³-hybridized carbons (Fsp3) is 0.571. The highest BCUT2D eigenvalue weighted by Gasteiger charge is 2.51. The van der Waals surface area contributed by atoms with E-state index in [0.717, 1.165) is 37.0 Å². The summed E-state index contributed by atoms with van der Waals surface area (Å²) in [6.45, 7) is 1.76. The normalized spacial score (nSPS) is 31.6. The molecule has 4 fully saturated rings. The Hall–Kier alpha value is -1.88. The van der Waals surface area contributed by atoms with E-state index < -0.39 is 0 Å². The van der Waals surface area contributed by atoms with Crippen LogP contribution in [-0.2, 0) is 4.79 Å². The molecule has 0 spiro atoms. The molecule has 0 unspecified atom stereocenters. The van der Waals surface area contributed by atoms with Crippen LogP contribution in [0.5, 0.6) is 0 Å². The van der Waals surface area contributed by atoms with Gasteiger partial charge in [0.1, 0.15) is 0 Å². The van der Waals surface area contributed by atoms with Crippen molar-refractivity contribution in [2.24, 2.45) is 22.9 Å². The Morgan fingerprint density at radius 1 is 1.11 bits per heavy atom. The highest BCUT2D eigenvalue weighted by Crippen LogP contribution is 2.55. The van der Waals surface area contributed by atoms with E-state index >= 15 is 0 Å². The van der Waals surface area contributed by atoms with Gasteiger partial charge >= 0.3 is 0 Å². The van der Waals surface area contributed by atoms with Gasteiger partial charge in [-0.25, -0.2) is 5.43 Å². The van der Waals surface area contributed by atoms with Gasteiger partial charge in [-0.05, 0) is 75.3 Å². The molecule has 0 heterocycles. The molecule has 4 aliphatic rings. The number of carbonyl (C=O) groups excluding carboxylic acids is 2. The summed E-state index contributed by atoms with van der Waals surface area (Å²) < 4.78 is 0. The maximum absolute atomic E-state index is 12.6. The highest BCUT2D eigenvalue weighted by atomic mass is 35.5. The van der Waals surface area contributed by atoms with Crippen molar-refractivity contribution in [3.8, 4) is 0 Å². The average molecular weight is 388 g/mol.